The topological polar surface area (TPSA) is 72.2 Å². The van der Waals surface area contributed by atoms with Crippen LogP contribution in [0.15, 0.2) is 30.9 Å². The highest BCUT2D eigenvalue weighted by Crippen LogP contribution is 2.21. The van der Waals surface area contributed by atoms with E-state index in [4.69, 9.17) is 0 Å². The van der Waals surface area contributed by atoms with Crippen LogP contribution in [-0.2, 0) is 4.79 Å². The number of carbonyl (C=O) groups excluding carboxylic acids is 1. The van der Waals surface area contributed by atoms with Crippen LogP contribution in [0.5, 0.6) is 0 Å². The molecule has 6 heteroatoms. The number of thioether (sulfide) groups is 1. The number of nitrogens with one attached hydrogen (secondary N) is 1. The predicted octanol–water partition coefficient (Wildman–Crippen LogP) is 2.76. The van der Waals surface area contributed by atoms with E-state index in [1.54, 1.807) is 19.1 Å². The Morgan fingerprint density at radius 1 is 1.61 bits per heavy atom. The standard InChI is InChI=1S/C12H14N2O3S/c1-3-6-18-8-12(15)13-11-7-10(14(16)17)5-4-9(11)2/h3-5,7H,1,6,8H2,2H3,(H,13,15). The van der Waals surface area contributed by atoms with Crippen molar-refractivity contribution in [2.75, 3.05) is 16.8 Å². The number of rotatable bonds is 6. The molecule has 5 nitrogen and oxygen atoms in total. The summed E-state index contributed by atoms with van der Waals surface area (Å²) in [4.78, 5) is 21.7. The maximum Gasteiger partial charge on any atom is 0.271 e. The molecule has 1 amide bonds. The minimum Gasteiger partial charge on any atom is -0.325 e. The van der Waals surface area contributed by atoms with Gasteiger partial charge in [-0.15, -0.1) is 18.3 Å². The van der Waals surface area contributed by atoms with Crippen molar-refractivity contribution in [1.29, 1.82) is 0 Å². The minimum atomic E-state index is -0.485. The van der Waals surface area contributed by atoms with Crippen molar-refractivity contribution in [2.24, 2.45) is 0 Å². The lowest BCUT2D eigenvalue weighted by Gasteiger charge is -2.07. The molecule has 1 aromatic rings. The van der Waals surface area contributed by atoms with Crippen LogP contribution in [0.1, 0.15) is 5.56 Å². The van der Waals surface area contributed by atoms with Gasteiger partial charge in [0, 0.05) is 17.9 Å². The second-order valence-electron chi connectivity index (χ2n) is 3.61. The fourth-order valence-electron chi connectivity index (χ4n) is 1.28. The van der Waals surface area contributed by atoms with Gasteiger partial charge in [0.15, 0.2) is 0 Å². The summed E-state index contributed by atoms with van der Waals surface area (Å²) in [5.41, 5.74) is 1.24. The van der Waals surface area contributed by atoms with Gasteiger partial charge in [-0.3, -0.25) is 14.9 Å². The third-order valence-electron chi connectivity index (χ3n) is 2.17. The molecule has 96 valence electrons. The van der Waals surface area contributed by atoms with E-state index in [1.807, 2.05) is 0 Å². The summed E-state index contributed by atoms with van der Waals surface area (Å²) in [5.74, 6) is 0.820. The molecule has 0 spiro atoms. The lowest BCUT2D eigenvalue weighted by Crippen LogP contribution is -2.15. The molecule has 1 aromatic carbocycles. The zero-order valence-corrected chi connectivity index (χ0v) is 10.8. The molecule has 0 radical (unpaired) electrons. The number of nitro benzene ring substituents is 1. The number of amides is 1. The monoisotopic (exact) mass is 266 g/mol. The third kappa shape index (κ3) is 4.21. The Morgan fingerprint density at radius 3 is 2.94 bits per heavy atom. The molecule has 0 atom stereocenters. The van der Waals surface area contributed by atoms with E-state index >= 15 is 0 Å². The van der Waals surface area contributed by atoms with Crippen LogP contribution >= 0.6 is 11.8 Å². The molecule has 0 saturated carbocycles. The molecule has 0 fully saturated rings. The first-order chi connectivity index (χ1) is 8.54. The Morgan fingerprint density at radius 2 is 2.33 bits per heavy atom. The van der Waals surface area contributed by atoms with Gasteiger partial charge in [-0.25, -0.2) is 0 Å². The Bertz CT molecular complexity index is 474. The Hall–Kier alpha value is -1.82. The average molecular weight is 266 g/mol. The molecule has 0 aromatic heterocycles. The normalized spacial score (nSPS) is 9.83. The van der Waals surface area contributed by atoms with E-state index in [2.05, 4.69) is 11.9 Å². The Labute approximate surface area is 109 Å². The summed E-state index contributed by atoms with van der Waals surface area (Å²) < 4.78 is 0. The number of aryl methyl sites for hydroxylation is 1. The molecule has 0 aliphatic rings. The van der Waals surface area contributed by atoms with E-state index in [0.29, 0.717) is 17.2 Å². The van der Waals surface area contributed by atoms with Gasteiger partial charge in [0.05, 0.1) is 16.4 Å². The van der Waals surface area contributed by atoms with Gasteiger partial charge in [0.2, 0.25) is 5.91 Å². The molecule has 1 rings (SSSR count). The van der Waals surface area contributed by atoms with E-state index in [-0.39, 0.29) is 11.6 Å². The number of anilines is 1. The summed E-state index contributed by atoms with van der Waals surface area (Å²) in [6.45, 7) is 5.35. The molecule has 0 bridgehead atoms. The quantitative estimate of drug-likeness (QED) is 0.372. The van der Waals surface area contributed by atoms with Crippen LogP contribution < -0.4 is 5.32 Å². The van der Waals surface area contributed by atoms with Crippen LogP contribution in [0.4, 0.5) is 11.4 Å². The van der Waals surface area contributed by atoms with Crippen LogP contribution in [0.3, 0.4) is 0 Å². The molecule has 18 heavy (non-hydrogen) atoms. The summed E-state index contributed by atoms with van der Waals surface area (Å²) in [6.07, 6.45) is 1.72. The number of nitrogens with zero attached hydrogens (tertiary/aromatic N) is 1. The maximum absolute atomic E-state index is 11.6. The fourth-order valence-corrected chi connectivity index (χ4v) is 1.82. The third-order valence-corrected chi connectivity index (χ3v) is 3.11. The highest BCUT2D eigenvalue weighted by Gasteiger charge is 2.10. The van der Waals surface area contributed by atoms with Crippen LogP contribution in [0.2, 0.25) is 0 Å². The van der Waals surface area contributed by atoms with Crippen molar-refractivity contribution in [3.8, 4) is 0 Å². The van der Waals surface area contributed by atoms with E-state index in [0.717, 1.165) is 5.56 Å². The van der Waals surface area contributed by atoms with Gasteiger partial charge < -0.3 is 5.32 Å². The predicted molar refractivity (Wildman–Crippen MR) is 74.0 cm³/mol. The molecular formula is C12H14N2O3S. The molecule has 0 unspecified atom stereocenters. The minimum absolute atomic E-state index is 0.0327. The van der Waals surface area contributed by atoms with Crippen LogP contribution in [-0.4, -0.2) is 22.3 Å². The first-order valence-corrected chi connectivity index (χ1v) is 6.43. The summed E-state index contributed by atoms with van der Waals surface area (Å²) in [6, 6.07) is 4.40. The summed E-state index contributed by atoms with van der Waals surface area (Å²) in [7, 11) is 0. The SMILES string of the molecule is C=CCSCC(=O)Nc1cc([N+](=O)[O-])ccc1C. The van der Waals surface area contributed by atoms with E-state index < -0.39 is 4.92 Å². The second kappa shape index (κ2) is 6.80. The maximum atomic E-state index is 11.6. The average Bonchev–Trinajstić information content (AvgIpc) is 2.32. The zero-order valence-electron chi connectivity index (χ0n) is 10.0. The molecule has 0 heterocycles. The van der Waals surface area contributed by atoms with Gasteiger partial charge in [-0.1, -0.05) is 12.1 Å². The highest BCUT2D eigenvalue weighted by molar-refractivity contribution is 8.00. The fraction of sp³-hybridized carbons (Fsp3) is 0.250. The summed E-state index contributed by atoms with van der Waals surface area (Å²) >= 11 is 1.43. The lowest BCUT2D eigenvalue weighted by atomic mass is 10.2. The first-order valence-electron chi connectivity index (χ1n) is 5.28. The van der Waals surface area contributed by atoms with Gasteiger partial charge in [-0.05, 0) is 12.5 Å². The van der Waals surface area contributed by atoms with Crippen molar-refractivity contribution >= 4 is 29.0 Å². The van der Waals surface area contributed by atoms with Crippen molar-refractivity contribution < 1.29 is 9.72 Å². The number of nitro groups is 1. The molecular weight excluding hydrogens is 252 g/mol. The largest absolute Gasteiger partial charge is 0.325 e. The van der Waals surface area contributed by atoms with Gasteiger partial charge in [-0.2, -0.15) is 0 Å². The number of non-ortho nitro benzene ring substituents is 1. The first kappa shape index (κ1) is 14.2. The number of carbonyl (C=O) groups is 1. The Kier molecular flexibility index (Phi) is 5.38. The van der Waals surface area contributed by atoms with E-state index in [9.17, 15) is 14.9 Å². The van der Waals surface area contributed by atoms with Gasteiger partial charge in [0.25, 0.3) is 5.69 Å². The van der Waals surface area contributed by atoms with Crippen LogP contribution in [0.25, 0.3) is 0 Å². The van der Waals surface area contributed by atoms with Crippen molar-refractivity contribution in [3.63, 3.8) is 0 Å². The van der Waals surface area contributed by atoms with Crippen LogP contribution in [0, 0.1) is 17.0 Å². The molecule has 0 aliphatic carbocycles. The lowest BCUT2D eigenvalue weighted by molar-refractivity contribution is -0.384. The van der Waals surface area contributed by atoms with Crippen molar-refractivity contribution in [1.82, 2.24) is 0 Å². The Balaban J connectivity index is 2.71. The smallest absolute Gasteiger partial charge is 0.271 e. The van der Waals surface area contributed by atoms with E-state index in [1.165, 1.54) is 23.9 Å². The highest BCUT2D eigenvalue weighted by atomic mass is 32.2. The number of hydrogen-bond donors (Lipinski definition) is 1. The zero-order chi connectivity index (χ0) is 13.5. The molecule has 0 saturated heterocycles. The molecule has 0 aliphatic heterocycles. The van der Waals surface area contributed by atoms with Gasteiger partial charge in [0.1, 0.15) is 0 Å². The molecule has 1 N–H and O–H groups in total. The summed E-state index contributed by atoms with van der Waals surface area (Å²) in [5, 5.41) is 13.3. The number of hydrogen-bond acceptors (Lipinski definition) is 4. The van der Waals surface area contributed by atoms with Gasteiger partial charge >= 0.3 is 0 Å². The second-order valence-corrected chi connectivity index (χ2v) is 4.64. The van der Waals surface area contributed by atoms with Crippen molar-refractivity contribution in [2.45, 2.75) is 6.92 Å². The van der Waals surface area contributed by atoms with Crippen molar-refractivity contribution in [3.05, 3.63) is 46.5 Å². The number of benzene rings is 1.